The van der Waals surface area contributed by atoms with Gasteiger partial charge in [-0.3, -0.25) is 4.90 Å². The molecule has 3 aromatic carbocycles. The minimum Gasteiger partial charge on any atom is -0.497 e. The standard InChI is InChI=1S/C31H34N2O2/c1-22-6-13-30-28(18-22)29-20-24-19-26(34-2)11-12-27(24)31(29)33(30)21-23-7-9-25(10-8-23)35-17-16-32-14-4-3-5-15-32/h6-13,18-19H,3-5,14-17,20-21H2,1-2H3. The molecule has 0 amide bonds. The minimum atomic E-state index is 0.759. The second-order valence-electron chi connectivity index (χ2n) is 10.0. The number of aryl methyl sites for hydroxylation is 1. The Hall–Kier alpha value is -3.24. The van der Waals surface area contributed by atoms with Crippen LogP contribution in [0.4, 0.5) is 0 Å². The lowest BCUT2D eigenvalue weighted by Crippen LogP contribution is -2.33. The van der Waals surface area contributed by atoms with Crippen LogP contribution in [0, 0.1) is 6.92 Å². The lowest BCUT2D eigenvalue weighted by atomic mass is 10.1. The van der Waals surface area contributed by atoms with Gasteiger partial charge >= 0.3 is 0 Å². The number of benzene rings is 3. The summed E-state index contributed by atoms with van der Waals surface area (Å²) in [6.45, 7) is 7.23. The highest BCUT2D eigenvalue weighted by Gasteiger charge is 2.27. The second kappa shape index (κ2) is 9.43. The van der Waals surface area contributed by atoms with E-state index in [1.165, 1.54) is 76.8 Å². The number of likely N-dealkylation sites (tertiary alicyclic amines) is 1. The molecule has 35 heavy (non-hydrogen) atoms. The van der Waals surface area contributed by atoms with E-state index in [0.29, 0.717) is 0 Å². The first-order valence-corrected chi connectivity index (χ1v) is 12.9. The topological polar surface area (TPSA) is 26.6 Å². The van der Waals surface area contributed by atoms with Crippen molar-refractivity contribution in [3.05, 3.63) is 82.9 Å². The maximum atomic E-state index is 6.06. The molecule has 2 aliphatic rings. The average molecular weight is 467 g/mol. The van der Waals surface area contributed by atoms with E-state index in [9.17, 15) is 0 Å². The van der Waals surface area contributed by atoms with Crippen LogP contribution in [0.3, 0.4) is 0 Å². The van der Waals surface area contributed by atoms with Gasteiger partial charge in [0.1, 0.15) is 18.1 Å². The van der Waals surface area contributed by atoms with Crippen LogP contribution in [0.2, 0.25) is 0 Å². The Morgan fingerprint density at radius 1 is 0.857 bits per heavy atom. The molecule has 0 atom stereocenters. The summed E-state index contributed by atoms with van der Waals surface area (Å²) in [5, 5.41) is 1.37. The van der Waals surface area contributed by atoms with E-state index in [1.807, 2.05) is 0 Å². The van der Waals surface area contributed by atoms with E-state index in [2.05, 4.69) is 77.1 Å². The number of nitrogens with zero attached hydrogens (tertiary/aromatic N) is 2. The number of methoxy groups -OCH3 is 1. The van der Waals surface area contributed by atoms with Crippen LogP contribution in [0.25, 0.3) is 22.2 Å². The highest BCUT2D eigenvalue weighted by molar-refractivity contribution is 5.96. The highest BCUT2D eigenvalue weighted by atomic mass is 16.5. The summed E-state index contributed by atoms with van der Waals surface area (Å²) in [5.41, 5.74) is 9.36. The van der Waals surface area contributed by atoms with Crippen molar-refractivity contribution in [2.45, 2.75) is 39.2 Å². The van der Waals surface area contributed by atoms with Crippen molar-refractivity contribution in [2.24, 2.45) is 0 Å². The van der Waals surface area contributed by atoms with Gasteiger partial charge in [0.15, 0.2) is 0 Å². The van der Waals surface area contributed by atoms with Crippen molar-refractivity contribution >= 4 is 10.9 Å². The molecular weight excluding hydrogens is 432 g/mol. The number of rotatable bonds is 7. The zero-order valence-corrected chi connectivity index (χ0v) is 20.8. The summed E-state index contributed by atoms with van der Waals surface area (Å²) in [7, 11) is 1.74. The Kier molecular flexibility index (Phi) is 5.99. The maximum Gasteiger partial charge on any atom is 0.119 e. The Balaban J connectivity index is 1.25. The molecule has 1 aromatic heterocycles. The van der Waals surface area contributed by atoms with Crippen molar-refractivity contribution in [3.8, 4) is 22.8 Å². The first-order valence-electron chi connectivity index (χ1n) is 12.9. The molecule has 0 saturated carbocycles. The van der Waals surface area contributed by atoms with E-state index >= 15 is 0 Å². The molecule has 0 spiro atoms. The molecule has 0 bridgehead atoms. The molecule has 2 heterocycles. The summed E-state index contributed by atoms with van der Waals surface area (Å²) in [6.07, 6.45) is 4.98. The number of hydrogen-bond acceptors (Lipinski definition) is 3. The fourth-order valence-corrected chi connectivity index (χ4v) is 5.80. The third-order valence-corrected chi connectivity index (χ3v) is 7.65. The fraction of sp³-hybridized carbons (Fsp3) is 0.355. The van der Waals surface area contributed by atoms with Gasteiger partial charge in [-0.25, -0.2) is 0 Å². The molecule has 1 fully saturated rings. The van der Waals surface area contributed by atoms with Crippen LogP contribution in [-0.2, 0) is 13.0 Å². The predicted molar refractivity (Wildman–Crippen MR) is 143 cm³/mol. The maximum absolute atomic E-state index is 6.06. The fourth-order valence-electron chi connectivity index (χ4n) is 5.80. The van der Waals surface area contributed by atoms with Crippen molar-refractivity contribution < 1.29 is 9.47 Å². The summed E-state index contributed by atoms with van der Waals surface area (Å²) < 4.78 is 14.1. The molecule has 4 nitrogen and oxygen atoms in total. The zero-order chi connectivity index (χ0) is 23.8. The molecule has 1 aliphatic carbocycles. The van der Waals surface area contributed by atoms with Gasteiger partial charge < -0.3 is 14.0 Å². The van der Waals surface area contributed by atoms with E-state index in [4.69, 9.17) is 9.47 Å². The number of hydrogen-bond donors (Lipinski definition) is 0. The van der Waals surface area contributed by atoms with Crippen LogP contribution in [0.1, 0.15) is 41.5 Å². The summed E-state index contributed by atoms with van der Waals surface area (Å²) in [4.78, 5) is 2.52. The number of aromatic nitrogens is 1. The average Bonchev–Trinajstić information content (AvgIpc) is 3.40. The lowest BCUT2D eigenvalue weighted by molar-refractivity contribution is 0.183. The Bertz CT molecular complexity index is 1350. The summed E-state index contributed by atoms with van der Waals surface area (Å²) in [6, 6.07) is 22.0. The molecule has 4 heteroatoms. The molecule has 1 saturated heterocycles. The van der Waals surface area contributed by atoms with Crippen LogP contribution >= 0.6 is 0 Å². The third-order valence-electron chi connectivity index (χ3n) is 7.65. The van der Waals surface area contributed by atoms with Gasteiger partial charge in [-0.15, -0.1) is 0 Å². The quantitative estimate of drug-likeness (QED) is 0.276. The van der Waals surface area contributed by atoms with E-state index in [1.54, 1.807) is 7.11 Å². The van der Waals surface area contributed by atoms with Crippen LogP contribution in [0.15, 0.2) is 60.7 Å². The molecule has 180 valence electrons. The predicted octanol–water partition coefficient (Wildman–Crippen LogP) is 6.44. The van der Waals surface area contributed by atoms with Crippen molar-refractivity contribution in [1.82, 2.24) is 9.47 Å². The largest absolute Gasteiger partial charge is 0.497 e. The minimum absolute atomic E-state index is 0.759. The van der Waals surface area contributed by atoms with Gasteiger partial charge in [-0.1, -0.05) is 30.2 Å². The lowest BCUT2D eigenvalue weighted by Gasteiger charge is -2.26. The second-order valence-corrected chi connectivity index (χ2v) is 10.0. The van der Waals surface area contributed by atoms with Crippen LogP contribution in [0.5, 0.6) is 11.5 Å². The van der Waals surface area contributed by atoms with E-state index < -0.39 is 0 Å². The smallest absolute Gasteiger partial charge is 0.119 e. The molecule has 0 N–H and O–H groups in total. The van der Waals surface area contributed by atoms with Crippen molar-refractivity contribution in [3.63, 3.8) is 0 Å². The summed E-state index contributed by atoms with van der Waals surface area (Å²) in [5.74, 6) is 1.89. The zero-order valence-electron chi connectivity index (χ0n) is 20.8. The summed E-state index contributed by atoms with van der Waals surface area (Å²) >= 11 is 0. The van der Waals surface area contributed by atoms with Gasteiger partial charge in [0.25, 0.3) is 0 Å². The Morgan fingerprint density at radius 3 is 2.46 bits per heavy atom. The molecule has 6 rings (SSSR count). The molecular formula is C31H34N2O2. The Morgan fingerprint density at radius 2 is 1.66 bits per heavy atom. The van der Waals surface area contributed by atoms with Gasteiger partial charge in [-0.05, 0) is 92.0 Å². The van der Waals surface area contributed by atoms with E-state index in [-0.39, 0.29) is 0 Å². The van der Waals surface area contributed by atoms with Gasteiger partial charge in [0.2, 0.25) is 0 Å². The highest BCUT2D eigenvalue weighted by Crippen LogP contribution is 2.44. The molecule has 0 radical (unpaired) electrons. The first kappa shape index (κ1) is 22.2. The Labute approximate surface area is 208 Å². The molecule has 0 unspecified atom stereocenters. The van der Waals surface area contributed by atoms with Crippen molar-refractivity contribution in [2.75, 3.05) is 33.4 Å². The van der Waals surface area contributed by atoms with Gasteiger partial charge in [0.05, 0.1) is 12.8 Å². The van der Waals surface area contributed by atoms with Gasteiger partial charge in [-0.2, -0.15) is 0 Å². The molecule has 4 aromatic rings. The third kappa shape index (κ3) is 4.32. The number of fused-ring (bicyclic) bond motifs is 5. The van der Waals surface area contributed by atoms with Crippen LogP contribution in [-0.4, -0.2) is 42.8 Å². The monoisotopic (exact) mass is 466 g/mol. The normalized spacial score (nSPS) is 15.3. The van der Waals surface area contributed by atoms with Crippen molar-refractivity contribution in [1.29, 1.82) is 0 Å². The number of ether oxygens (including phenoxy) is 2. The molecule has 1 aliphatic heterocycles. The van der Waals surface area contributed by atoms with E-state index in [0.717, 1.165) is 37.6 Å². The SMILES string of the molecule is COc1ccc2c(c1)Cc1c-2n(Cc2ccc(OCCN3CCCCC3)cc2)c2ccc(C)cc12. The van der Waals surface area contributed by atoms with Gasteiger partial charge in [0, 0.05) is 36.0 Å². The first-order chi connectivity index (χ1) is 17.2. The number of piperidine rings is 1. The van der Waals surface area contributed by atoms with Crippen LogP contribution < -0.4 is 9.47 Å².